The number of hydrogen-bond acceptors (Lipinski definition) is 3. The van der Waals surface area contributed by atoms with Gasteiger partial charge in [0.05, 0.1) is 12.7 Å². The molecule has 2 atom stereocenters. The van der Waals surface area contributed by atoms with Crippen molar-refractivity contribution >= 4 is 0 Å². The highest BCUT2D eigenvalue weighted by Gasteiger charge is 2.20. The third kappa shape index (κ3) is 3.13. The zero-order valence-electron chi connectivity index (χ0n) is 11.7. The third-order valence-electron chi connectivity index (χ3n) is 3.81. The Balaban J connectivity index is 1.98. The quantitative estimate of drug-likeness (QED) is 0.860. The largest absolute Gasteiger partial charge is 0.374 e. The van der Waals surface area contributed by atoms with Crippen molar-refractivity contribution in [2.75, 3.05) is 33.3 Å². The second kappa shape index (κ2) is 6.36. The van der Waals surface area contributed by atoms with Crippen LogP contribution in [0.25, 0.3) is 0 Å². The first-order chi connectivity index (χ1) is 8.74. The van der Waals surface area contributed by atoms with Crippen molar-refractivity contribution in [3.8, 4) is 0 Å². The summed E-state index contributed by atoms with van der Waals surface area (Å²) in [6.07, 6.45) is 2.46. The molecule has 1 saturated heterocycles. The number of aromatic nitrogens is 1. The fourth-order valence-corrected chi connectivity index (χ4v) is 2.53. The van der Waals surface area contributed by atoms with Crippen LogP contribution >= 0.6 is 0 Å². The van der Waals surface area contributed by atoms with Gasteiger partial charge < -0.3 is 14.6 Å². The van der Waals surface area contributed by atoms with E-state index in [0.29, 0.717) is 12.1 Å². The Bertz CT molecular complexity index is 364. The van der Waals surface area contributed by atoms with Crippen molar-refractivity contribution < 1.29 is 4.74 Å². The van der Waals surface area contributed by atoms with E-state index >= 15 is 0 Å². The Morgan fingerprint density at radius 3 is 3.11 bits per heavy atom. The predicted molar refractivity (Wildman–Crippen MR) is 73.8 cm³/mol. The maximum Gasteiger partial charge on any atom is 0.0881 e. The van der Waals surface area contributed by atoms with Crippen molar-refractivity contribution in [1.29, 1.82) is 0 Å². The van der Waals surface area contributed by atoms with Gasteiger partial charge in [0.2, 0.25) is 0 Å². The number of nitrogens with one attached hydrogen (secondary N) is 1. The second-order valence-electron chi connectivity index (χ2n) is 4.98. The van der Waals surface area contributed by atoms with Crippen LogP contribution in [0.3, 0.4) is 0 Å². The minimum atomic E-state index is 0.314. The average Bonchev–Trinajstić information content (AvgIpc) is 2.86. The van der Waals surface area contributed by atoms with E-state index in [1.165, 1.54) is 5.69 Å². The summed E-state index contributed by atoms with van der Waals surface area (Å²) < 4.78 is 8.18. The Morgan fingerprint density at radius 1 is 1.56 bits per heavy atom. The SMILES string of the molecule is CCN1CCOC(Cn2cccc2C(C)NC)C1. The van der Waals surface area contributed by atoms with Crippen LogP contribution in [0.5, 0.6) is 0 Å². The van der Waals surface area contributed by atoms with Crippen LogP contribution in [0.4, 0.5) is 0 Å². The van der Waals surface area contributed by atoms with Gasteiger partial charge in [0.1, 0.15) is 0 Å². The lowest BCUT2D eigenvalue weighted by atomic mass is 10.2. The van der Waals surface area contributed by atoms with E-state index < -0.39 is 0 Å². The zero-order chi connectivity index (χ0) is 13.0. The third-order valence-corrected chi connectivity index (χ3v) is 3.81. The van der Waals surface area contributed by atoms with Gasteiger partial charge in [0, 0.05) is 37.6 Å². The molecule has 2 heterocycles. The van der Waals surface area contributed by atoms with Gasteiger partial charge in [-0.3, -0.25) is 4.90 Å². The highest BCUT2D eigenvalue weighted by Crippen LogP contribution is 2.15. The van der Waals surface area contributed by atoms with Gasteiger partial charge >= 0.3 is 0 Å². The van der Waals surface area contributed by atoms with E-state index in [9.17, 15) is 0 Å². The maximum absolute atomic E-state index is 5.87. The minimum absolute atomic E-state index is 0.314. The maximum atomic E-state index is 5.87. The van der Waals surface area contributed by atoms with Gasteiger partial charge in [0.25, 0.3) is 0 Å². The Morgan fingerprint density at radius 2 is 2.39 bits per heavy atom. The van der Waals surface area contributed by atoms with E-state index in [0.717, 1.165) is 32.8 Å². The molecule has 1 aromatic rings. The van der Waals surface area contributed by atoms with E-state index in [2.05, 4.69) is 47.0 Å². The zero-order valence-corrected chi connectivity index (χ0v) is 11.7. The lowest BCUT2D eigenvalue weighted by Gasteiger charge is -2.32. The molecule has 0 spiro atoms. The van der Waals surface area contributed by atoms with Gasteiger partial charge in [-0.1, -0.05) is 6.92 Å². The summed E-state index contributed by atoms with van der Waals surface area (Å²) in [5.41, 5.74) is 1.33. The monoisotopic (exact) mass is 251 g/mol. The number of ether oxygens (including phenoxy) is 1. The van der Waals surface area contributed by atoms with Crippen molar-refractivity contribution in [2.24, 2.45) is 0 Å². The summed E-state index contributed by atoms with van der Waals surface area (Å²) >= 11 is 0. The molecule has 2 unspecified atom stereocenters. The molecule has 18 heavy (non-hydrogen) atoms. The summed E-state index contributed by atoms with van der Waals surface area (Å²) in [6.45, 7) is 9.44. The molecule has 0 saturated carbocycles. The molecule has 1 N–H and O–H groups in total. The van der Waals surface area contributed by atoms with Crippen molar-refractivity contribution in [3.63, 3.8) is 0 Å². The van der Waals surface area contributed by atoms with Gasteiger partial charge in [-0.25, -0.2) is 0 Å². The van der Waals surface area contributed by atoms with Gasteiger partial charge in [-0.05, 0) is 32.6 Å². The minimum Gasteiger partial charge on any atom is -0.374 e. The summed E-state index contributed by atoms with van der Waals surface area (Å²) in [6, 6.07) is 4.68. The van der Waals surface area contributed by atoms with Crippen molar-refractivity contribution in [3.05, 3.63) is 24.0 Å². The summed E-state index contributed by atoms with van der Waals surface area (Å²) in [4.78, 5) is 2.46. The van der Waals surface area contributed by atoms with E-state index in [1.807, 2.05) is 7.05 Å². The number of nitrogens with zero attached hydrogens (tertiary/aromatic N) is 2. The number of rotatable bonds is 5. The molecule has 1 aromatic heterocycles. The number of morpholine rings is 1. The predicted octanol–water partition coefficient (Wildman–Crippen LogP) is 1.49. The van der Waals surface area contributed by atoms with Gasteiger partial charge in [-0.15, -0.1) is 0 Å². The van der Waals surface area contributed by atoms with Crippen LogP contribution in [0.2, 0.25) is 0 Å². The number of likely N-dealkylation sites (N-methyl/N-ethyl adjacent to an activating group) is 1. The molecule has 0 aliphatic carbocycles. The van der Waals surface area contributed by atoms with E-state index in [1.54, 1.807) is 0 Å². The molecule has 0 bridgehead atoms. The molecule has 0 radical (unpaired) electrons. The van der Waals surface area contributed by atoms with Crippen molar-refractivity contribution in [2.45, 2.75) is 32.5 Å². The Labute approximate surface area is 110 Å². The molecule has 0 aromatic carbocycles. The normalized spacial score (nSPS) is 23.2. The molecule has 1 aliphatic rings. The van der Waals surface area contributed by atoms with Crippen LogP contribution in [0.1, 0.15) is 25.6 Å². The van der Waals surface area contributed by atoms with Crippen LogP contribution in [-0.4, -0.2) is 48.9 Å². The molecular weight excluding hydrogens is 226 g/mol. The lowest BCUT2D eigenvalue weighted by molar-refractivity contribution is -0.0346. The Hall–Kier alpha value is -0.840. The second-order valence-corrected chi connectivity index (χ2v) is 4.98. The molecule has 4 nitrogen and oxygen atoms in total. The highest BCUT2D eigenvalue weighted by molar-refractivity contribution is 5.11. The first kappa shape index (κ1) is 13.6. The van der Waals surface area contributed by atoms with Crippen LogP contribution in [0.15, 0.2) is 18.3 Å². The molecule has 102 valence electrons. The fourth-order valence-electron chi connectivity index (χ4n) is 2.53. The summed E-state index contributed by atoms with van der Waals surface area (Å²) in [5, 5.41) is 3.29. The smallest absolute Gasteiger partial charge is 0.0881 e. The average molecular weight is 251 g/mol. The summed E-state index contributed by atoms with van der Waals surface area (Å²) in [5.74, 6) is 0. The number of hydrogen-bond donors (Lipinski definition) is 1. The van der Waals surface area contributed by atoms with Crippen molar-refractivity contribution in [1.82, 2.24) is 14.8 Å². The first-order valence-corrected chi connectivity index (χ1v) is 6.90. The molecule has 2 rings (SSSR count). The molecule has 0 amide bonds. The van der Waals surface area contributed by atoms with Gasteiger partial charge in [0.15, 0.2) is 0 Å². The topological polar surface area (TPSA) is 29.4 Å². The van der Waals surface area contributed by atoms with E-state index in [-0.39, 0.29) is 0 Å². The standard InChI is InChI=1S/C14H25N3O/c1-4-16-8-9-18-13(10-16)11-17-7-5-6-14(17)12(2)15-3/h5-7,12-13,15H,4,8-11H2,1-3H3. The van der Waals surface area contributed by atoms with E-state index in [4.69, 9.17) is 4.74 Å². The van der Waals surface area contributed by atoms with Crippen LogP contribution < -0.4 is 5.32 Å². The fraction of sp³-hybridized carbons (Fsp3) is 0.714. The highest BCUT2D eigenvalue weighted by atomic mass is 16.5. The van der Waals surface area contributed by atoms with Crippen LogP contribution in [0, 0.1) is 0 Å². The summed E-state index contributed by atoms with van der Waals surface area (Å²) in [7, 11) is 2.00. The molecule has 1 fully saturated rings. The van der Waals surface area contributed by atoms with Crippen LogP contribution in [-0.2, 0) is 11.3 Å². The molecule has 1 aliphatic heterocycles. The van der Waals surface area contributed by atoms with Gasteiger partial charge in [-0.2, -0.15) is 0 Å². The Kier molecular flexibility index (Phi) is 4.80. The molecule has 4 heteroatoms. The first-order valence-electron chi connectivity index (χ1n) is 6.90. The molecular formula is C14H25N3O. The lowest BCUT2D eigenvalue weighted by Crippen LogP contribution is -2.44.